The Kier molecular flexibility index (Phi) is 6.23. The summed E-state index contributed by atoms with van der Waals surface area (Å²) in [5.74, 6) is 0.812. The number of rotatable bonds is 3. The Morgan fingerprint density at radius 3 is 2.61 bits per heavy atom. The molecule has 23 heavy (non-hydrogen) atoms. The monoisotopic (exact) mass is 342 g/mol. The van der Waals surface area contributed by atoms with Gasteiger partial charge in [-0.15, -0.1) is 0 Å². The van der Waals surface area contributed by atoms with Crippen LogP contribution in [-0.4, -0.2) is 62.5 Å². The molecule has 5 atom stereocenters. The van der Waals surface area contributed by atoms with E-state index in [1.165, 1.54) is 0 Å². The van der Waals surface area contributed by atoms with Gasteiger partial charge in [-0.2, -0.15) is 0 Å². The number of carbonyl (C=O) groups is 2. The summed E-state index contributed by atoms with van der Waals surface area (Å²) in [6, 6.07) is 0.0118. The van der Waals surface area contributed by atoms with Crippen molar-refractivity contribution in [3.05, 3.63) is 0 Å². The number of carbonyl (C=O) groups excluding carboxylic acids is 2. The number of amides is 2. The molecule has 2 rings (SSSR count). The van der Waals surface area contributed by atoms with Crippen molar-refractivity contribution in [3.8, 4) is 0 Å². The predicted molar refractivity (Wildman–Crippen MR) is 92.4 cm³/mol. The molecule has 0 saturated carbocycles. The molecule has 0 radical (unpaired) electrons. The molecule has 0 aromatic heterocycles. The molecule has 0 aliphatic carbocycles. The lowest BCUT2D eigenvalue weighted by Gasteiger charge is -2.41. The number of nitrogens with zero attached hydrogens (tertiary/aromatic N) is 2. The van der Waals surface area contributed by atoms with E-state index < -0.39 is 10.8 Å². The highest BCUT2D eigenvalue weighted by Crippen LogP contribution is 2.25. The number of hydrogen-bond acceptors (Lipinski definition) is 3. The van der Waals surface area contributed by atoms with E-state index in [2.05, 4.69) is 0 Å². The molecule has 2 aliphatic rings. The van der Waals surface area contributed by atoms with Crippen LogP contribution in [0.1, 0.15) is 47.0 Å². The van der Waals surface area contributed by atoms with Crippen molar-refractivity contribution in [1.29, 1.82) is 0 Å². The Bertz CT molecular complexity index is 482. The lowest BCUT2D eigenvalue weighted by atomic mass is 9.94. The van der Waals surface area contributed by atoms with Gasteiger partial charge in [-0.1, -0.05) is 13.8 Å². The standard InChI is InChI=1S/C17H30N2O3S/c1-5-12(2)16(20)18-8-6-7-15(11-18)17(21)19-9-10-23(22)14(4)13(19)3/h12-15H,5-11H2,1-4H3/t12-,13+,14-,15-,23-/m0/s1. The van der Waals surface area contributed by atoms with Crippen LogP contribution in [0.25, 0.3) is 0 Å². The Morgan fingerprint density at radius 1 is 1.26 bits per heavy atom. The highest BCUT2D eigenvalue weighted by Gasteiger charge is 2.38. The van der Waals surface area contributed by atoms with E-state index in [1.54, 1.807) is 0 Å². The van der Waals surface area contributed by atoms with Crippen molar-refractivity contribution >= 4 is 22.6 Å². The van der Waals surface area contributed by atoms with Crippen molar-refractivity contribution in [2.45, 2.75) is 58.2 Å². The zero-order valence-electron chi connectivity index (χ0n) is 14.8. The fourth-order valence-electron chi connectivity index (χ4n) is 3.46. The Balaban J connectivity index is 2.02. The molecule has 2 amide bonds. The third-order valence-electron chi connectivity index (χ3n) is 5.52. The topological polar surface area (TPSA) is 57.7 Å². The molecule has 2 saturated heterocycles. The zero-order valence-corrected chi connectivity index (χ0v) is 15.6. The first-order valence-electron chi connectivity index (χ1n) is 8.83. The average Bonchev–Trinajstić information content (AvgIpc) is 2.58. The second-order valence-electron chi connectivity index (χ2n) is 6.99. The smallest absolute Gasteiger partial charge is 0.227 e. The summed E-state index contributed by atoms with van der Waals surface area (Å²) in [4.78, 5) is 29.1. The highest BCUT2D eigenvalue weighted by atomic mass is 32.2. The van der Waals surface area contributed by atoms with E-state index in [0.29, 0.717) is 18.8 Å². The Morgan fingerprint density at radius 2 is 1.96 bits per heavy atom. The van der Waals surface area contributed by atoms with E-state index in [4.69, 9.17) is 0 Å². The third-order valence-corrected chi connectivity index (χ3v) is 7.33. The number of likely N-dealkylation sites (tertiary alicyclic amines) is 1. The molecule has 5 nitrogen and oxygen atoms in total. The summed E-state index contributed by atoms with van der Waals surface area (Å²) in [5.41, 5.74) is 0. The summed E-state index contributed by atoms with van der Waals surface area (Å²) in [6.07, 6.45) is 2.58. The maximum Gasteiger partial charge on any atom is 0.227 e. The average molecular weight is 343 g/mol. The molecular formula is C17H30N2O3S. The molecule has 0 unspecified atom stereocenters. The van der Waals surface area contributed by atoms with E-state index in [1.807, 2.05) is 37.5 Å². The van der Waals surface area contributed by atoms with Crippen molar-refractivity contribution < 1.29 is 13.8 Å². The lowest BCUT2D eigenvalue weighted by molar-refractivity contribution is -0.143. The van der Waals surface area contributed by atoms with E-state index in [9.17, 15) is 13.8 Å². The van der Waals surface area contributed by atoms with Gasteiger partial charge in [0.1, 0.15) is 0 Å². The molecule has 0 aromatic rings. The van der Waals surface area contributed by atoms with Gasteiger partial charge >= 0.3 is 0 Å². The van der Waals surface area contributed by atoms with Gasteiger partial charge in [0, 0.05) is 48.1 Å². The van der Waals surface area contributed by atoms with Crippen molar-refractivity contribution in [1.82, 2.24) is 9.80 Å². The fraction of sp³-hybridized carbons (Fsp3) is 0.882. The van der Waals surface area contributed by atoms with Crippen LogP contribution < -0.4 is 0 Å². The van der Waals surface area contributed by atoms with Crippen molar-refractivity contribution in [3.63, 3.8) is 0 Å². The van der Waals surface area contributed by atoms with Crippen LogP contribution in [0, 0.1) is 11.8 Å². The second-order valence-corrected chi connectivity index (χ2v) is 8.91. The molecule has 0 aromatic carbocycles. The predicted octanol–water partition coefficient (Wildman–Crippen LogP) is 1.64. The SMILES string of the molecule is CC[C@H](C)C(=O)N1CCC[C@H](C(=O)N2CC[S@](=O)[C@@H](C)[C@H]2C)C1. The highest BCUT2D eigenvalue weighted by molar-refractivity contribution is 7.85. The second kappa shape index (κ2) is 7.77. The summed E-state index contributed by atoms with van der Waals surface area (Å²) < 4.78 is 11.9. The van der Waals surface area contributed by atoms with Crippen LogP contribution in [0.5, 0.6) is 0 Å². The third kappa shape index (κ3) is 3.95. The Hall–Kier alpha value is -0.910. The van der Waals surface area contributed by atoms with Crippen LogP contribution in [0.4, 0.5) is 0 Å². The summed E-state index contributed by atoms with van der Waals surface area (Å²) in [7, 11) is -0.837. The first kappa shape index (κ1) is 18.4. The van der Waals surface area contributed by atoms with Crippen LogP contribution in [-0.2, 0) is 20.4 Å². The lowest BCUT2D eigenvalue weighted by Crippen LogP contribution is -2.56. The van der Waals surface area contributed by atoms with Gasteiger partial charge < -0.3 is 9.80 Å². The summed E-state index contributed by atoms with van der Waals surface area (Å²) in [5, 5.41) is 0.0224. The first-order chi connectivity index (χ1) is 10.9. The molecular weight excluding hydrogens is 312 g/mol. The molecule has 2 heterocycles. The van der Waals surface area contributed by atoms with Gasteiger partial charge in [-0.3, -0.25) is 13.8 Å². The van der Waals surface area contributed by atoms with Crippen LogP contribution in [0.15, 0.2) is 0 Å². The van der Waals surface area contributed by atoms with Gasteiger partial charge in [0.05, 0.1) is 11.2 Å². The van der Waals surface area contributed by atoms with Crippen LogP contribution in [0.3, 0.4) is 0 Å². The maximum atomic E-state index is 12.9. The van der Waals surface area contributed by atoms with Gasteiger partial charge in [0.15, 0.2) is 0 Å². The van der Waals surface area contributed by atoms with Crippen molar-refractivity contribution in [2.75, 3.05) is 25.4 Å². The molecule has 0 bridgehead atoms. The van der Waals surface area contributed by atoms with Gasteiger partial charge in [0.2, 0.25) is 11.8 Å². The van der Waals surface area contributed by atoms with Crippen molar-refractivity contribution in [2.24, 2.45) is 11.8 Å². The van der Waals surface area contributed by atoms with E-state index >= 15 is 0 Å². The Labute approximate surface area is 142 Å². The van der Waals surface area contributed by atoms with E-state index in [-0.39, 0.29) is 34.9 Å². The maximum absolute atomic E-state index is 12.9. The van der Waals surface area contributed by atoms with E-state index in [0.717, 1.165) is 25.8 Å². The molecule has 132 valence electrons. The first-order valence-corrected chi connectivity index (χ1v) is 10.2. The molecule has 2 aliphatic heterocycles. The fourth-order valence-corrected chi connectivity index (χ4v) is 4.80. The van der Waals surface area contributed by atoms with Crippen LogP contribution in [0.2, 0.25) is 0 Å². The van der Waals surface area contributed by atoms with Gasteiger partial charge in [-0.25, -0.2) is 0 Å². The zero-order chi connectivity index (χ0) is 17.1. The van der Waals surface area contributed by atoms with Gasteiger partial charge in [0.25, 0.3) is 0 Å². The minimum absolute atomic E-state index is 0.0118. The minimum atomic E-state index is -0.837. The molecule has 0 spiro atoms. The summed E-state index contributed by atoms with van der Waals surface area (Å²) in [6.45, 7) is 9.81. The molecule has 6 heteroatoms. The summed E-state index contributed by atoms with van der Waals surface area (Å²) >= 11 is 0. The minimum Gasteiger partial charge on any atom is -0.342 e. The normalized spacial score (nSPS) is 33.4. The molecule has 2 fully saturated rings. The quantitative estimate of drug-likeness (QED) is 0.783. The molecule has 0 N–H and O–H groups in total. The van der Waals surface area contributed by atoms with Gasteiger partial charge in [-0.05, 0) is 33.1 Å². The number of hydrogen-bond donors (Lipinski definition) is 0. The van der Waals surface area contributed by atoms with Crippen LogP contribution >= 0.6 is 0 Å². The number of piperidine rings is 1. The largest absolute Gasteiger partial charge is 0.342 e.